The van der Waals surface area contributed by atoms with Crippen LogP contribution in [0.1, 0.15) is 47.9 Å². The first-order valence-corrected chi connectivity index (χ1v) is 8.48. The molecule has 0 saturated heterocycles. The van der Waals surface area contributed by atoms with Crippen molar-refractivity contribution in [3.63, 3.8) is 0 Å². The van der Waals surface area contributed by atoms with Crippen LogP contribution in [-0.4, -0.2) is 22.4 Å². The molecule has 0 aliphatic heterocycles. The van der Waals surface area contributed by atoms with E-state index in [1.807, 2.05) is 38.1 Å². The van der Waals surface area contributed by atoms with E-state index in [9.17, 15) is 10.2 Å². The fraction of sp³-hybridized carbons (Fsp3) is 0.273. The molecule has 0 heterocycles. The summed E-state index contributed by atoms with van der Waals surface area (Å²) < 4.78 is 0. The summed E-state index contributed by atoms with van der Waals surface area (Å²) in [5.74, 6) is 0.391. The molecule has 2 nitrogen and oxygen atoms in total. The van der Waals surface area contributed by atoms with E-state index in [0.29, 0.717) is 0 Å². The summed E-state index contributed by atoms with van der Waals surface area (Å²) in [6.45, 7) is 3.66. The van der Waals surface area contributed by atoms with Crippen LogP contribution in [0.5, 0.6) is 0 Å². The average Bonchev–Trinajstić information content (AvgIpc) is 3.19. The van der Waals surface area contributed by atoms with Gasteiger partial charge in [-0.1, -0.05) is 72.8 Å². The van der Waals surface area contributed by atoms with Crippen LogP contribution in [0.15, 0.2) is 60.7 Å². The van der Waals surface area contributed by atoms with Crippen molar-refractivity contribution >= 4 is 12.2 Å². The molecule has 136 valence electrons. The predicted octanol–water partition coefficient (Wildman–Crippen LogP) is 1.36. The first kappa shape index (κ1) is 23.1. The second kappa shape index (κ2) is 10.4. The van der Waals surface area contributed by atoms with Crippen molar-refractivity contribution in [2.24, 2.45) is 0 Å². The minimum atomic E-state index is -0.287. The second-order valence-corrected chi connectivity index (χ2v) is 6.51. The SMILES string of the molecule is CC(O)C1C=Cc2ccccc21.CC(O)C1C=Cc2ccccc21.[Cl-].[Zr]. The molecule has 0 spiro atoms. The molecule has 0 amide bonds. The van der Waals surface area contributed by atoms with Gasteiger partial charge in [0.25, 0.3) is 0 Å². The van der Waals surface area contributed by atoms with Crippen LogP contribution >= 0.6 is 0 Å². The number of fused-ring (bicyclic) bond motifs is 2. The zero-order valence-electron chi connectivity index (χ0n) is 15.0. The number of hydrogen-bond acceptors (Lipinski definition) is 2. The predicted molar refractivity (Wildman–Crippen MR) is 99.8 cm³/mol. The van der Waals surface area contributed by atoms with Gasteiger partial charge in [0.1, 0.15) is 0 Å². The van der Waals surface area contributed by atoms with Crippen LogP contribution in [0.4, 0.5) is 0 Å². The molecule has 0 radical (unpaired) electrons. The van der Waals surface area contributed by atoms with Crippen LogP contribution in [0.25, 0.3) is 12.2 Å². The van der Waals surface area contributed by atoms with Crippen molar-refractivity contribution in [2.75, 3.05) is 0 Å². The Morgan fingerprint density at radius 3 is 1.38 bits per heavy atom. The quantitative estimate of drug-likeness (QED) is 0.731. The van der Waals surface area contributed by atoms with Crippen LogP contribution in [0.2, 0.25) is 0 Å². The first-order valence-electron chi connectivity index (χ1n) is 8.48. The van der Waals surface area contributed by atoms with Crippen LogP contribution in [0, 0.1) is 0 Å². The zero-order valence-corrected chi connectivity index (χ0v) is 18.2. The summed E-state index contributed by atoms with van der Waals surface area (Å²) >= 11 is 0. The third kappa shape index (κ3) is 5.05. The Labute approximate surface area is 181 Å². The van der Waals surface area contributed by atoms with Gasteiger partial charge >= 0.3 is 0 Å². The normalized spacial score (nSPS) is 20.6. The van der Waals surface area contributed by atoms with E-state index in [0.717, 1.165) is 0 Å². The first-order chi connectivity index (χ1) is 11.6. The maximum Gasteiger partial charge on any atom is 0.0615 e. The molecule has 4 rings (SSSR count). The second-order valence-electron chi connectivity index (χ2n) is 6.51. The summed E-state index contributed by atoms with van der Waals surface area (Å²) in [6.07, 6.45) is 7.71. The molecule has 0 aromatic heterocycles. The van der Waals surface area contributed by atoms with E-state index >= 15 is 0 Å². The van der Waals surface area contributed by atoms with E-state index in [1.54, 1.807) is 0 Å². The number of rotatable bonds is 2. The number of halogens is 1. The maximum absolute atomic E-state index is 9.45. The smallest absolute Gasteiger partial charge is 0.0615 e. The molecule has 4 heteroatoms. The van der Waals surface area contributed by atoms with Gasteiger partial charge in [-0.25, -0.2) is 0 Å². The van der Waals surface area contributed by atoms with E-state index in [2.05, 4.69) is 48.6 Å². The topological polar surface area (TPSA) is 40.5 Å². The van der Waals surface area contributed by atoms with Gasteiger partial charge < -0.3 is 22.6 Å². The van der Waals surface area contributed by atoms with Crippen molar-refractivity contribution in [3.8, 4) is 0 Å². The molecule has 26 heavy (non-hydrogen) atoms. The van der Waals surface area contributed by atoms with Gasteiger partial charge in [0.15, 0.2) is 0 Å². The van der Waals surface area contributed by atoms with Gasteiger partial charge in [-0.15, -0.1) is 0 Å². The third-order valence-electron chi connectivity index (χ3n) is 4.72. The van der Waals surface area contributed by atoms with Gasteiger partial charge in [0, 0.05) is 38.0 Å². The Hall–Kier alpha value is -0.987. The Morgan fingerprint density at radius 1 is 0.692 bits per heavy atom. The number of benzene rings is 2. The van der Waals surface area contributed by atoms with Gasteiger partial charge in [0.2, 0.25) is 0 Å². The Morgan fingerprint density at radius 2 is 1.04 bits per heavy atom. The summed E-state index contributed by atoms with van der Waals surface area (Å²) in [7, 11) is 0. The van der Waals surface area contributed by atoms with Crippen molar-refractivity contribution in [1.82, 2.24) is 0 Å². The Balaban J connectivity index is 0.000000241. The van der Waals surface area contributed by atoms with Gasteiger partial charge in [-0.05, 0) is 36.1 Å². The minimum Gasteiger partial charge on any atom is -1.00 e. The van der Waals surface area contributed by atoms with Crippen molar-refractivity contribution < 1.29 is 48.8 Å². The Kier molecular flexibility index (Phi) is 9.20. The molecule has 2 aliphatic carbocycles. The summed E-state index contributed by atoms with van der Waals surface area (Å²) in [5.41, 5.74) is 4.96. The molecule has 4 atom stereocenters. The standard InChI is InChI=1S/2C11H12O.ClH.Zr/c2*1-8(12)10-7-6-9-4-2-3-5-11(9)10;;/h2*2-8,10,12H,1H3;1H;/p-1. The molecular weight excluding hydrogens is 423 g/mol. The molecule has 2 aromatic rings. The summed E-state index contributed by atoms with van der Waals surface area (Å²) in [5, 5.41) is 18.9. The Bertz CT molecular complexity index is 703. The fourth-order valence-electron chi connectivity index (χ4n) is 3.40. The van der Waals surface area contributed by atoms with E-state index in [1.165, 1.54) is 22.3 Å². The van der Waals surface area contributed by atoms with Crippen molar-refractivity contribution in [2.45, 2.75) is 37.9 Å². The van der Waals surface area contributed by atoms with Gasteiger partial charge in [0.05, 0.1) is 12.2 Å². The fourth-order valence-corrected chi connectivity index (χ4v) is 3.40. The minimum absolute atomic E-state index is 0. The molecule has 4 unspecified atom stereocenters. The molecular formula is C22H24ClO2Zr-. The van der Waals surface area contributed by atoms with Crippen LogP contribution in [-0.2, 0) is 26.2 Å². The van der Waals surface area contributed by atoms with Gasteiger partial charge in [-0.2, -0.15) is 0 Å². The summed E-state index contributed by atoms with van der Waals surface area (Å²) in [4.78, 5) is 0. The third-order valence-corrected chi connectivity index (χ3v) is 4.72. The molecule has 0 saturated carbocycles. The summed E-state index contributed by atoms with van der Waals surface area (Å²) in [6, 6.07) is 16.4. The largest absolute Gasteiger partial charge is 1.00 e. The van der Waals surface area contributed by atoms with E-state index < -0.39 is 0 Å². The number of aliphatic hydroxyl groups is 2. The van der Waals surface area contributed by atoms with Crippen molar-refractivity contribution in [3.05, 3.63) is 82.9 Å². The van der Waals surface area contributed by atoms with Crippen LogP contribution in [0.3, 0.4) is 0 Å². The molecule has 2 aromatic carbocycles. The van der Waals surface area contributed by atoms with E-state index in [-0.39, 0.29) is 62.7 Å². The molecule has 0 bridgehead atoms. The average molecular weight is 447 g/mol. The van der Waals surface area contributed by atoms with Crippen LogP contribution < -0.4 is 12.4 Å². The van der Waals surface area contributed by atoms with Gasteiger partial charge in [-0.3, -0.25) is 0 Å². The maximum atomic E-state index is 9.45. The number of aliphatic hydroxyl groups excluding tert-OH is 2. The molecule has 0 fully saturated rings. The van der Waals surface area contributed by atoms with E-state index in [4.69, 9.17) is 0 Å². The van der Waals surface area contributed by atoms with Crippen molar-refractivity contribution in [1.29, 1.82) is 0 Å². The monoisotopic (exact) mass is 445 g/mol. The zero-order chi connectivity index (χ0) is 17.1. The molecule has 2 aliphatic rings. The molecule has 2 N–H and O–H groups in total. The number of hydrogen-bond donors (Lipinski definition) is 2.